The lowest BCUT2D eigenvalue weighted by Crippen LogP contribution is -2.28. The Labute approximate surface area is 141 Å². The first-order valence-electron chi connectivity index (χ1n) is 7.29. The maximum absolute atomic E-state index is 11.6. The number of amides is 1. The Morgan fingerprint density at radius 2 is 1.75 bits per heavy atom. The molecule has 2 N–H and O–H groups in total. The van der Waals surface area contributed by atoms with Crippen molar-refractivity contribution in [2.75, 3.05) is 12.8 Å². The summed E-state index contributed by atoms with van der Waals surface area (Å²) in [7, 11) is -3.28. The summed E-state index contributed by atoms with van der Waals surface area (Å²) in [6.45, 7) is 0.109. The number of aliphatic hydroxyl groups is 1. The van der Waals surface area contributed by atoms with Crippen molar-refractivity contribution in [1.29, 1.82) is 0 Å². The van der Waals surface area contributed by atoms with E-state index in [0.29, 0.717) is 5.56 Å². The molecule has 128 valence electrons. The van der Waals surface area contributed by atoms with Gasteiger partial charge in [0.05, 0.1) is 17.5 Å². The van der Waals surface area contributed by atoms with Gasteiger partial charge in [0.25, 0.3) is 0 Å². The minimum Gasteiger partial charge on any atom is -0.445 e. The number of carbonyl (C=O) groups is 1. The van der Waals surface area contributed by atoms with Crippen LogP contribution in [0.15, 0.2) is 59.5 Å². The van der Waals surface area contributed by atoms with Crippen LogP contribution in [0.3, 0.4) is 0 Å². The van der Waals surface area contributed by atoms with Crippen molar-refractivity contribution in [3.05, 3.63) is 65.7 Å². The largest absolute Gasteiger partial charge is 0.445 e. The first-order chi connectivity index (χ1) is 11.4. The number of alkyl carbamates (subject to hydrolysis) is 1. The van der Waals surface area contributed by atoms with Gasteiger partial charge in [-0.05, 0) is 23.3 Å². The second-order valence-corrected chi connectivity index (χ2v) is 7.32. The molecule has 6 nitrogen and oxygen atoms in total. The molecule has 0 bridgehead atoms. The maximum Gasteiger partial charge on any atom is 0.407 e. The molecule has 2 aromatic rings. The highest BCUT2D eigenvalue weighted by atomic mass is 32.2. The third kappa shape index (κ3) is 5.36. The van der Waals surface area contributed by atoms with Crippen LogP contribution in [-0.2, 0) is 21.2 Å². The van der Waals surface area contributed by atoms with Crippen LogP contribution >= 0.6 is 0 Å². The summed E-state index contributed by atoms with van der Waals surface area (Å²) in [5.74, 6) is 0. The second kappa shape index (κ2) is 7.94. The summed E-state index contributed by atoms with van der Waals surface area (Å²) in [5.41, 5.74) is 1.37. The van der Waals surface area contributed by atoms with E-state index in [9.17, 15) is 18.3 Å². The van der Waals surface area contributed by atoms with Crippen molar-refractivity contribution in [1.82, 2.24) is 5.32 Å². The summed E-state index contributed by atoms with van der Waals surface area (Å²) < 4.78 is 27.8. The normalized spacial score (nSPS) is 12.4. The van der Waals surface area contributed by atoms with Crippen molar-refractivity contribution in [3.63, 3.8) is 0 Å². The van der Waals surface area contributed by atoms with Gasteiger partial charge in [-0.3, -0.25) is 0 Å². The molecule has 7 heteroatoms. The molecular formula is C17H19NO5S. The summed E-state index contributed by atoms with van der Waals surface area (Å²) in [6.07, 6.45) is -0.475. The smallest absolute Gasteiger partial charge is 0.407 e. The number of benzene rings is 2. The van der Waals surface area contributed by atoms with E-state index in [1.165, 1.54) is 24.3 Å². The molecule has 0 saturated carbocycles. The van der Waals surface area contributed by atoms with E-state index in [1.54, 1.807) is 0 Å². The number of carbonyl (C=O) groups excluding carboxylic acids is 1. The van der Waals surface area contributed by atoms with Crippen LogP contribution in [0.25, 0.3) is 0 Å². The molecule has 0 radical (unpaired) electrons. The zero-order valence-electron chi connectivity index (χ0n) is 13.2. The van der Waals surface area contributed by atoms with E-state index in [0.717, 1.165) is 11.8 Å². The third-order valence-electron chi connectivity index (χ3n) is 3.35. The van der Waals surface area contributed by atoms with Crippen molar-refractivity contribution in [2.24, 2.45) is 0 Å². The summed E-state index contributed by atoms with van der Waals surface area (Å²) in [5, 5.41) is 12.5. The van der Waals surface area contributed by atoms with E-state index in [2.05, 4.69) is 5.32 Å². The topological polar surface area (TPSA) is 92.7 Å². The Balaban J connectivity index is 1.82. The number of rotatable bonds is 6. The van der Waals surface area contributed by atoms with Gasteiger partial charge in [-0.25, -0.2) is 13.2 Å². The minimum atomic E-state index is -3.28. The van der Waals surface area contributed by atoms with Crippen LogP contribution < -0.4 is 5.32 Å². The van der Waals surface area contributed by atoms with Gasteiger partial charge in [0, 0.05) is 6.26 Å². The number of nitrogens with one attached hydrogen (secondary N) is 1. The predicted molar refractivity (Wildman–Crippen MR) is 89.1 cm³/mol. The SMILES string of the molecule is CS(=O)(=O)c1ccc(C(O)CNC(=O)OCc2ccccc2)cc1. The van der Waals surface area contributed by atoms with Crippen molar-refractivity contribution in [3.8, 4) is 0 Å². The van der Waals surface area contributed by atoms with Gasteiger partial charge in [0.15, 0.2) is 9.84 Å². The number of hydrogen-bond acceptors (Lipinski definition) is 5. The van der Waals surface area contributed by atoms with E-state index in [4.69, 9.17) is 4.74 Å². The van der Waals surface area contributed by atoms with Gasteiger partial charge in [-0.1, -0.05) is 42.5 Å². The molecule has 0 fully saturated rings. The van der Waals surface area contributed by atoms with Gasteiger partial charge in [-0.15, -0.1) is 0 Å². The Hall–Kier alpha value is -2.38. The Morgan fingerprint density at radius 3 is 2.33 bits per heavy atom. The minimum absolute atomic E-state index is 0.0359. The molecule has 24 heavy (non-hydrogen) atoms. The predicted octanol–water partition coefficient (Wildman–Crippen LogP) is 2.05. The standard InChI is InChI=1S/C17H19NO5S/c1-24(21,22)15-9-7-14(8-10-15)16(19)11-18-17(20)23-12-13-5-3-2-4-6-13/h2-10,16,19H,11-12H2,1H3,(H,18,20). The van der Waals surface area contributed by atoms with E-state index >= 15 is 0 Å². The Morgan fingerprint density at radius 1 is 1.12 bits per heavy atom. The molecule has 0 aliphatic rings. The van der Waals surface area contributed by atoms with E-state index in [1.807, 2.05) is 30.3 Å². The molecule has 2 rings (SSSR count). The maximum atomic E-state index is 11.6. The lowest BCUT2D eigenvalue weighted by atomic mass is 10.1. The quantitative estimate of drug-likeness (QED) is 0.833. The fourth-order valence-corrected chi connectivity index (χ4v) is 2.64. The molecule has 0 spiro atoms. The highest BCUT2D eigenvalue weighted by molar-refractivity contribution is 7.90. The number of aliphatic hydroxyl groups excluding tert-OH is 1. The zero-order chi connectivity index (χ0) is 17.6. The highest BCUT2D eigenvalue weighted by Gasteiger charge is 2.12. The van der Waals surface area contributed by atoms with Crippen LogP contribution in [0.4, 0.5) is 4.79 Å². The van der Waals surface area contributed by atoms with Crippen molar-refractivity contribution >= 4 is 15.9 Å². The van der Waals surface area contributed by atoms with E-state index < -0.39 is 22.0 Å². The third-order valence-corrected chi connectivity index (χ3v) is 4.47. The summed E-state index contributed by atoms with van der Waals surface area (Å²) >= 11 is 0. The summed E-state index contributed by atoms with van der Waals surface area (Å²) in [6, 6.07) is 15.1. The number of hydrogen-bond donors (Lipinski definition) is 2. The van der Waals surface area contributed by atoms with Crippen LogP contribution in [-0.4, -0.2) is 32.4 Å². The molecule has 0 heterocycles. The molecule has 1 unspecified atom stereocenters. The lowest BCUT2D eigenvalue weighted by molar-refractivity contribution is 0.126. The Bertz CT molecular complexity index is 772. The molecule has 0 aromatic heterocycles. The first kappa shape index (κ1) is 18.0. The molecule has 0 aliphatic carbocycles. The molecule has 2 aromatic carbocycles. The fourth-order valence-electron chi connectivity index (χ4n) is 2.01. The monoisotopic (exact) mass is 349 g/mol. The molecule has 1 amide bonds. The van der Waals surface area contributed by atoms with E-state index in [-0.39, 0.29) is 18.0 Å². The van der Waals surface area contributed by atoms with Gasteiger partial charge in [0.1, 0.15) is 6.61 Å². The van der Waals surface area contributed by atoms with Gasteiger partial charge >= 0.3 is 6.09 Å². The van der Waals surface area contributed by atoms with Crippen molar-refractivity contribution in [2.45, 2.75) is 17.6 Å². The number of sulfone groups is 1. The first-order valence-corrected chi connectivity index (χ1v) is 9.18. The Kier molecular flexibility index (Phi) is 5.94. The van der Waals surface area contributed by atoms with Gasteiger partial charge in [0.2, 0.25) is 0 Å². The average Bonchev–Trinajstić information content (AvgIpc) is 2.58. The molecule has 0 aliphatic heterocycles. The van der Waals surface area contributed by atoms with Crippen LogP contribution in [0.5, 0.6) is 0 Å². The molecule has 1 atom stereocenters. The molecule has 0 saturated heterocycles. The lowest BCUT2D eigenvalue weighted by Gasteiger charge is -2.13. The van der Waals surface area contributed by atoms with Gasteiger partial charge in [-0.2, -0.15) is 0 Å². The average molecular weight is 349 g/mol. The highest BCUT2D eigenvalue weighted by Crippen LogP contribution is 2.16. The number of ether oxygens (including phenoxy) is 1. The molecular weight excluding hydrogens is 330 g/mol. The van der Waals surface area contributed by atoms with Crippen LogP contribution in [0.1, 0.15) is 17.2 Å². The zero-order valence-corrected chi connectivity index (χ0v) is 14.0. The van der Waals surface area contributed by atoms with Crippen molar-refractivity contribution < 1.29 is 23.1 Å². The van der Waals surface area contributed by atoms with Crippen LogP contribution in [0, 0.1) is 0 Å². The van der Waals surface area contributed by atoms with Crippen LogP contribution in [0.2, 0.25) is 0 Å². The van der Waals surface area contributed by atoms with Gasteiger partial charge < -0.3 is 15.2 Å². The second-order valence-electron chi connectivity index (χ2n) is 5.30. The summed E-state index contributed by atoms with van der Waals surface area (Å²) in [4.78, 5) is 11.8. The fraction of sp³-hybridized carbons (Fsp3) is 0.235.